The summed E-state index contributed by atoms with van der Waals surface area (Å²) in [7, 11) is 0. The number of thiophene rings is 1. The summed E-state index contributed by atoms with van der Waals surface area (Å²) in [5, 5.41) is 18.6. The van der Waals surface area contributed by atoms with E-state index in [-0.39, 0.29) is 17.4 Å². The maximum absolute atomic E-state index is 12.6. The first-order valence-corrected chi connectivity index (χ1v) is 11.0. The maximum atomic E-state index is 12.6. The van der Waals surface area contributed by atoms with Gasteiger partial charge in [-0.3, -0.25) is 4.79 Å². The van der Waals surface area contributed by atoms with Crippen LogP contribution in [0.2, 0.25) is 0 Å². The van der Waals surface area contributed by atoms with Crippen LogP contribution in [-0.2, 0) is 24.1 Å². The monoisotopic (exact) mass is 419 g/mol. The molecule has 0 aliphatic heterocycles. The maximum Gasteiger partial charge on any atom is 0.230 e. The van der Waals surface area contributed by atoms with Gasteiger partial charge in [-0.2, -0.15) is 5.26 Å². The number of hydrogen-bond acceptors (Lipinski definition) is 4. The molecule has 0 saturated heterocycles. The predicted octanol–water partition coefficient (Wildman–Crippen LogP) is 5.10. The fraction of sp³-hybridized carbons (Fsp3) is 0.261. The molecule has 0 radical (unpaired) electrons. The lowest BCUT2D eigenvalue weighted by Gasteiger charge is -2.10. The topological polar surface area (TPSA) is 64.9 Å². The van der Waals surface area contributed by atoms with Crippen molar-refractivity contribution in [3.63, 3.8) is 0 Å². The van der Waals surface area contributed by atoms with Crippen molar-refractivity contribution in [2.75, 3.05) is 5.32 Å². The summed E-state index contributed by atoms with van der Waals surface area (Å²) < 4.78 is 0. The molecule has 0 atom stereocenters. The number of carbonyl (C=O) groups excluding carboxylic acids is 1. The van der Waals surface area contributed by atoms with Crippen molar-refractivity contribution in [1.29, 1.82) is 5.26 Å². The lowest BCUT2D eigenvalue weighted by Crippen LogP contribution is -2.35. The van der Waals surface area contributed by atoms with Crippen molar-refractivity contribution >= 4 is 50.3 Å². The van der Waals surface area contributed by atoms with E-state index in [4.69, 9.17) is 12.2 Å². The number of aryl methyl sites for hydroxylation is 1. The first-order valence-electron chi connectivity index (χ1n) is 9.78. The van der Waals surface area contributed by atoms with Gasteiger partial charge >= 0.3 is 0 Å². The summed E-state index contributed by atoms with van der Waals surface area (Å²) in [5.41, 5.74) is 2.80. The van der Waals surface area contributed by atoms with E-state index in [0.29, 0.717) is 5.56 Å². The third kappa shape index (κ3) is 4.31. The highest BCUT2D eigenvalue weighted by Crippen LogP contribution is 2.36. The largest absolute Gasteiger partial charge is 0.323 e. The summed E-state index contributed by atoms with van der Waals surface area (Å²) in [6.45, 7) is 0. The highest BCUT2D eigenvalue weighted by molar-refractivity contribution is 7.80. The molecular formula is C23H21N3OS2. The fourth-order valence-corrected chi connectivity index (χ4v) is 5.40. The van der Waals surface area contributed by atoms with E-state index in [9.17, 15) is 10.1 Å². The summed E-state index contributed by atoms with van der Waals surface area (Å²) >= 11 is 6.94. The Balaban J connectivity index is 1.45. The molecule has 146 valence electrons. The average molecular weight is 420 g/mol. The number of hydrogen-bond donors (Lipinski definition) is 2. The Morgan fingerprint density at radius 1 is 1.10 bits per heavy atom. The molecule has 1 aliphatic carbocycles. The van der Waals surface area contributed by atoms with Gasteiger partial charge in [0, 0.05) is 4.88 Å². The van der Waals surface area contributed by atoms with Crippen molar-refractivity contribution in [1.82, 2.24) is 5.32 Å². The molecule has 1 amide bonds. The Labute approximate surface area is 179 Å². The first-order chi connectivity index (χ1) is 14.2. The van der Waals surface area contributed by atoms with E-state index in [2.05, 4.69) is 16.7 Å². The minimum absolute atomic E-state index is 0.171. The van der Waals surface area contributed by atoms with Crippen LogP contribution in [0.25, 0.3) is 10.8 Å². The number of amides is 1. The Morgan fingerprint density at radius 2 is 1.90 bits per heavy atom. The van der Waals surface area contributed by atoms with Crippen molar-refractivity contribution < 1.29 is 4.79 Å². The SMILES string of the molecule is N#Cc1c(NC(=S)NC(=O)Cc2cccc3ccccc23)sc2c1CCCCC2. The third-order valence-corrected chi connectivity index (χ3v) is 6.66. The van der Waals surface area contributed by atoms with Crippen molar-refractivity contribution in [2.45, 2.75) is 38.5 Å². The molecule has 0 spiro atoms. The second kappa shape index (κ2) is 8.73. The lowest BCUT2D eigenvalue weighted by molar-refractivity contribution is -0.119. The Kier molecular flexibility index (Phi) is 5.89. The van der Waals surface area contributed by atoms with Crippen LogP contribution in [0.15, 0.2) is 42.5 Å². The third-order valence-electron chi connectivity index (χ3n) is 5.24. The van der Waals surface area contributed by atoms with Crippen molar-refractivity contribution in [2.24, 2.45) is 0 Å². The van der Waals surface area contributed by atoms with Crippen molar-refractivity contribution in [3.05, 3.63) is 64.0 Å². The second-order valence-electron chi connectivity index (χ2n) is 7.20. The van der Waals surface area contributed by atoms with Crippen LogP contribution >= 0.6 is 23.6 Å². The zero-order chi connectivity index (χ0) is 20.2. The lowest BCUT2D eigenvalue weighted by atomic mass is 10.0. The Hall–Kier alpha value is -2.75. The molecule has 2 N–H and O–H groups in total. The van der Waals surface area contributed by atoms with Gasteiger partial charge in [0.25, 0.3) is 0 Å². The molecule has 3 aromatic rings. The number of nitrogens with zero attached hydrogens (tertiary/aromatic N) is 1. The van der Waals surface area contributed by atoms with Gasteiger partial charge in [-0.15, -0.1) is 11.3 Å². The minimum Gasteiger partial charge on any atom is -0.323 e. The van der Waals surface area contributed by atoms with Gasteiger partial charge in [0.15, 0.2) is 5.11 Å². The van der Waals surface area contributed by atoms with Crippen LogP contribution in [-0.4, -0.2) is 11.0 Å². The van der Waals surface area contributed by atoms with Gasteiger partial charge in [-0.1, -0.05) is 48.9 Å². The Morgan fingerprint density at radius 3 is 2.76 bits per heavy atom. The molecule has 4 nitrogen and oxygen atoms in total. The Bertz CT molecular complexity index is 1120. The number of benzene rings is 2. The van der Waals surface area contributed by atoms with Crippen LogP contribution in [0.4, 0.5) is 5.00 Å². The zero-order valence-electron chi connectivity index (χ0n) is 16.0. The average Bonchev–Trinajstić information content (AvgIpc) is 2.87. The summed E-state index contributed by atoms with van der Waals surface area (Å²) in [5.74, 6) is -0.171. The molecule has 0 fully saturated rings. The fourth-order valence-electron chi connectivity index (χ4n) is 3.87. The van der Waals surface area contributed by atoms with Gasteiger partial charge in [-0.05, 0) is 59.8 Å². The van der Waals surface area contributed by atoms with Gasteiger partial charge in [0.05, 0.1) is 12.0 Å². The van der Waals surface area contributed by atoms with Crippen LogP contribution in [0, 0.1) is 11.3 Å². The van der Waals surface area contributed by atoms with Crippen LogP contribution in [0.1, 0.15) is 40.8 Å². The molecule has 0 unspecified atom stereocenters. The number of nitrogens with one attached hydrogen (secondary N) is 2. The number of rotatable bonds is 3. The van der Waals surface area contributed by atoms with Gasteiger partial charge in [0.2, 0.25) is 5.91 Å². The van der Waals surface area contributed by atoms with E-state index >= 15 is 0 Å². The smallest absolute Gasteiger partial charge is 0.230 e. The highest BCUT2D eigenvalue weighted by atomic mass is 32.1. The molecule has 1 aliphatic rings. The summed E-state index contributed by atoms with van der Waals surface area (Å²) in [4.78, 5) is 13.8. The van der Waals surface area contributed by atoms with Gasteiger partial charge in [-0.25, -0.2) is 0 Å². The molecular weight excluding hydrogens is 398 g/mol. The van der Waals surface area contributed by atoms with E-state index < -0.39 is 0 Å². The van der Waals surface area contributed by atoms with Crippen LogP contribution < -0.4 is 10.6 Å². The minimum atomic E-state index is -0.171. The first kappa shape index (κ1) is 19.6. The normalized spacial score (nSPS) is 13.2. The molecule has 29 heavy (non-hydrogen) atoms. The van der Waals surface area contributed by atoms with Crippen molar-refractivity contribution in [3.8, 4) is 6.07 Å². The van der Waals surface area contributed by atoms with Crippen LogP contribution in [0.3, 0.4) is 0 Å². The molecule has 1 heterocycles. The van der Waals surface area contributed by atoms with E-state index in [1.807, 2.05) is 42.5 Å². The second-order valence-corrected chi connectivity index (χ2v) is 8.71. The molecule has 6 heteroatoms. The van der Waals surface area contributed by atoms with E-state index in [1.165, 1.54) is 11.3 Å². The summed E-state index contributed by atoms with van der Waals surface area (Å²) in [6.07, 6.45) is 5.67. The predicted molar refractivity (Wildman–Crippen MR) is 122 cm³/mol. The number of nitriles is 1. The molecule has 4 rings (SSSR count). The molecule has 0 saturated carbocycles. The molecule has 1 aromatic heterocycles. The molecule has 2 aromatic carbocycles. The van der Waals surface area contributed by atoms with E-state index in [0.717, 1.165) is 52.6 Å². The van der Waals surface area contributed by atoms with Gasteiger partial charge in [0.1, 0.15) is 11.1 Å². The number of thiocarbonyl (C=S) groups is 1. The van der Waals surface area contributed by atoms with Gasteiger partial charge < -0.3 is 10.6 Å². The van der Waals surface area contributed by atoms with E-state index in [1.54, 1.807) is 11.3 Å². The number of carbonyl (C=O) groups is 1. The number of anilines is 1. The highest BCUT2D eigenvalue weighted by Gasteiger charge is 2.20. The molecule has 0 bridgehead atoms. The zero-order valence-corrected chi connectivity index (χ0v) is 17.6. The number of fused-ring (bicyclic) bond motifs is 2. The van der Waals surface area contributed by atoms with Crippen LogP contribution in [0.5, 0.6) is 0 Å². The standard InChI is InChI=1S/C23H21N3OS2/c24-14-19-18-11-2-1-3-12-20(18)29-22(19)26-23(28)25-21(27)13-16-9-6-8-15-7-4-5-10-17(15)16/h4-10H,1-3,11-13H2,(H2,25,26,27,28). The quantitative estimate of drug-likeness (QED) is 0.458. The summed E-state index contributed by atoms with van der Waals surface area (Å²) in [6, 6.07) is 16.3.